The minimum Gasteiger partial charge on any atom is -0.379 e. The smallest absolute Gasteiger partial charge is 0.0598 e. The fraction of sp³-hybridized carbons (Fsp3) is 0.125. The molecule has 2 rings (SSSR count). The molecule has 1 aliphatic heterocycles. The van der Waals surface area contributed by atoms with Crippen molar-refractivity contribution < 1.29 is 0 Å². The van der Waals surface area contributed by atoms with Crippen molar-refractivity contribution in [3.8, 4) is 0 Å². The van der Waals surface area contributed by atoms with Crippen molar-refractivity contribution in [1.29, 1.82) is 5.41 Å². The lowest BCUT2D eigenvalue weighted by Gasteiger charge is -1.97. The first-order chi connectivity index (χ1) is 5.27. The van der Waals surface area contributed by atoms with Gasteiger partial charge in [0.25, 0.3) is 0 Å². The van der Waals surface area contributed by atoms with Crippen LogP contribution in [0.1, 0.15) is 5.56 Å². The predicted octanol–water partition coefficient (Wildman–Crippen LogP) is 2.13. The molecule has 1 heterocycles. The van der Waals surface area contributed by atoms with E-state index in [0.29, 0.717) is 17.3 Å². The summed E-state index contributed by atoms with van der Waals surface area (Å²) in [7, 11) is 0. The zero-order valence-electron chi connectivity index (χ0n) is 5.82. The molecule has 0 saturated carbocycles. The second kappa shape index (κ2) is 2.24. The predicted molar refractivity (Wildman–Crippen MR) is 46.8 cm³/mol. The van der Waals surface area contributed by atoms with Gasteiger partial charge in [-0.15, -0.1) is 0 Å². The molecule has 0 fully saturated rings. The summed E-state index contributed by atoms with van der Waals surface area (Å²) in [6.07, 6.45) is 0. The average Bonchev–Trinajstić information content (AvgIpc) is 2.32. The Morgan fingerprint density at radius 2 is 2.27 bits per heavy atom. The third-order valence-corrected chi connectivity index (χ3v) is 2.00. The van der Waals surface area contributed by atoms with Crippen LogP contribution in [0.5, 0.6) is 0 Å². The Morgan fingerprint density at radius 3 is 3.09 bits per heavy atom. The molecular weight excluding hydrogens is 160 g/mol. The minimum absolute atomic E-state index is 0.621. The first-order valence-corrected chi connectivity index (χ1v) is 3.76. The summed E-state index contributed by atoms with van der Waals surface area (Å²) in [5, 5.41) is 11.3. The molecule has 0 bridgehead atoms. The highest BCUT2D eigenvalue weighted by molar-refractivity contribution is 6.31. The lowest BCUT2D eigenvalue weighted by Crippen LogP contribution is -2.00. The van der Waals surface area contributed by atoms with Crippen molar-refractivity contribution in [2.45, 2.75) is 0 Å². The maximum atomic E-state index is 7.50. The molecule has 56 valence electrons. The fourth-order valence-electron chi connectivity index (χ4n) is 1.20. The molecule has 1 aromatic carbocycles. The largest absolute Gasteiger partial charge is 0.379 e. The van der Waals surface area contributed by atoms with E-state index in [9.17, 15) is 0 Å². The summed E-state index contributed by atoms with van der Waals surface area (Å²) >= 11 is 5.76. The van der Waals surface area contributed by atoms with E-state index in [4.69, 9.17) is 17.0 Å². The van der Waals surface area contributed by atoms with Gasteiger partial charge in [-0.05, 0) is 18.2 Å². The molecule has 2 N–H and O–H groups in total. The van der Waals surface area contributed by atoms with Crippen molar-refractivity contribution in [1.82, 2.24) is 0 Å². The summed E-state index contributed by atoms with van der Waals surface area (Å²) in [4.78, 5) is 0. The first kappa shape index (κ1) is 6.68. The third kappa shape index (κ3) is 0.994. The molecule has 11 heavy (non-hydrogen) atoms. The molecule has 1 aromatic rings. The Kier molecular flexibility index (Phi) is 1.36. The SMILES string of the molecule is N=C1CNc2cc(Cl)ccc21. The Labute approximate surface area is 69.7 Å². The molecule has 2 nitrogen and oxygen atoms in total. The van der Waals surface area contributed by atoms with Crippen LogP contribution in [0.2, 0.25) is 5.02 Å². The highest BCUT2D eigenvalue weighted by atomic mass is 35.5. The van der Waals surface area contributed by atoms with Gasteiger partial charge >= 0.3 is 0 Å². The van der Waals surface area contributed by atoms with Gasteiger partial charge in [0.1, 0.15) is 0 Å². The van der Waals surface area contributed by atoms with E-state index in [1.807, 2.05) is 18.2 Å². The second-order valence-corrected chi connectivity index (χ2v) is 2.96. The number of benzene rings is 1. The van der Waals surface area contributed by atoms with Crippen molar-refractivity contribution in [2.24, 2.45) is 0 Å². The maximum Gasteiger partial charge on any atom is 0.0598 e. The Balaban J connectivity index is 2.59. The van der Waals surface area contributed by atoms with Crippen LogP contribution in [0.15, 0.2) is 18.2 Å². The number of halogens is 1. The maximum absolute atomic E-state index is 7.50. The third-order valence-electron chi connectivity index (χ3n) is 1.76. The van der Waals surface area contributed by atoms with Crippen LogP contribution in [0.25, 0.3) is 0 Å². The lowest BCUT2D eigenvalue weighted by atomic mass is 10.1. The second-order valence-electron chi connectivity index (χ2n) is 2.52. The van der Waals surface area contributed by atoms with Crippen LogP contribution in [-0.2, 0) is 0 Å². The standard InChI is InChI=1S/C8H7ClN2/c9-5-1-2-6-7(10)4-11-8(6)3-5/h1-3,10-11H,4H2. The molecule has 0 aromatic heterocycles. The Hall–Kier alpha value is -1.02. The molecule has 0 amide bonds. The zero-order valence-corrected chi connectivity index (χ0v) is 6.57. The van der Waals surface area contributed by atoms with Gasteiger partial charge < -0.3 is 10.7 Å². The van der Waals surface area contributed by atoms with Crippen LogP contribution in [-0.4, -0.2) is 12.3 Å². The van der Waals surface area contributed by atoms with Crippen LogP contribution < -0.4 is 5.32 Å². The van der Waals surface area contributed by atoms with Gasteiger partial charge in [0.2, 0.25) is 0 Å². The summed E-state index contributed by atoms with van der Waals surface area (Å²) in [5.41, 5.74) is 2.58. The van der Waals surface area contributed by atoms with E-state index in [0.717, 1.165) is 11.3 Å². The summed E-state index contributed by atoms with van der Waals surface area (Å²) in [5.74, 6) is 0. The van der Waals surface area contributed by atoms with Gasteiger partial charge in [0.05, 0.1) is 12.3 Å². The Bertz CT molecular complexity index is 320. The molecule has 1 aliphatic rings. The highest BCUT2D eigenvalue weighted by Crippen LogP contribution is 2.25. The number of rotatable bonds is 0. The van der Waals surface area contributed by atoms with Gasteiger partial charge in [-0.3, -0.25) is 0 Å². The number of nitrogens with one attached hydrogen (secondary N) is 2. The molecule has 0 aliphatic carbocycles. The van der Waals surface area contributed by atoms with Gasteiger partial charge in [0.15, 0.2) is 0 Å². The normalized spacial score (nSPS) is 14.5. The van der Waals surface area contributed by atoms with Crippen molar-refractivity contribution in [3.63, 3.8) is 0 Å². The van der Waals surface area contributed by atoms with E-state index in [1.54, 1.807) is 0 Å². The van der Waals surface area contributed by atoms with Crippen LogP contribution in [0.3, 0.4) is 0 Å². The number of hydrogen-bond donors (Lipinski definition) is 2. The molecule has 0 atom stereocenters. The number of anilines is 1. The Morgan fingerprint density at radius 1 is 1.45 bits per heavy atom. The lowest BCUT2D eigenvalue weighted by molar-refractivity contribution is 1.40. The first-order valence-electron chi connectivity index (χ1n) is 3.38. The van der Waals surface area contributed by atoms with Crippen LogP contribution in [0.4, 0.5) is 5.69 Å². The summed E-state index contributed by atoms with van der Waals surface area (Å²) in [6.45, 7) is 0.621. The molecule has 3 heteroatoms. The minimum atomic E-state index is 0.621. The molecule has 0 unspecified atom stereocenters. The van der Waals surface area contributed by atoms with Gasteiger partial charge in [-0.2, -0.15) is 0 Å². The average molecular weight is 167 g/mol. The molecule has 0 radical (unpaired) electrons. The molecular formula is C8H7ClN2. The van der Waals surface area contributed by atoms with E-state index in [-0.39, 0.29) is 0 Å². The number of fused-ring (bicyclic) bond motifs is 1. The van der Waals surface area contributed by atoms with Crippen molar-refractivity contribution >= 4 is 23.0 Å². The van der Waals surface area contributed by atoms with E-state index in [2.05, 4.69) is 5.32 Å². The van der Waals surface area contributed by atoms with E-state index >= 15 is 0 Å². The molecule has 0 saturated heterocycles. The van der Waals surface area contributed by atoms with Gasteiger partial charge in [0, 0.05) is 16.3 Å². The summed E-state index contributed by atoms with van der Waals surface area (Å²) in [6, 6.07) is 5.53. The quantitative estimate of drug-likeness (QED) is 0.609. The summed E-state index contributed by atoms with van der Waals surface area (Å²) < 4.78 is 0. The highest BCUT2D eigenvalue weighted by Gasteiger charge is 2.14. The monoisotopic (exact) mass is 166 g/mol. The fourth-order valence-corrected chi connectivity index (χ4v) is 1.38. The van der Waals surface area contributed by atoms with Crippen LogP contribution >= 0.6 is 11.6 Å². The van der Waals surface area contributed by atoms with E-state index < -0.39 is 0 Å². The zero-order chi connectivity index (χ0) is 7.84. The molecule has 0 spiro atoms. The van der Waals surface area contributed by atoms with Crippen LogP contribution in [0, 0.1) is 5.41 Å². The van der Waals surface area contributed by atoms with Gasteiger partial charge in [-0.1, -0.05) is 11.6 Å². The van der Waals surface area contributed by atoms with E-state index in [1.165, 1.54) is 0 Å². The van der Waals surface area contributed by atoms with Crippen molar-refractivity contribution in [3.05, 3.63) is 28.8 Å². The van der Waals surface area contributed by atoms with Gasteiger partial charge in [-0.25, -0.2) is 0 Å². The van der Waals surface area contributed by atoms with Crippen molar-refractivity contribution in [2.75, 3.05) is 11.9 Å². The number of hydrogen-bond acceptors (Lipinski definition) is 2. The topological polar surface area (TPSA) is 35.9 Å².